The highest BCUT2D eigenvalue weighted by Gasteiger charge is 2.04. The molecule has 0 bridgehead atoms. The van der Waals surface area contributed by atoms with E-state index in [0.29, 0.717) is 0 Å². The Bertz CT molecular complexity index is 306. The van der Waals surface area contributed by atoms with Crippen molar-refractivity contribution in [1.82, 2.24) is 6.15 Å². The van der Waals surface area contributed by atoms with Crippen LogP contribution in [0.5, 0.6) is 0 Å². The molecule has 8 nitrogen and oxygen atoms in total. The fraction of sp³-hybridized carbons (Fsp3) is 0.895. The number of rotatable bonds is 11. The molecule has 0 atom stereocenters. The summed E-state index contributed by atoms with van der Waals surface area (Å²) in [5.41, 5.74) is 0. The van der Waals surface area contributed by atoms with Gasteiger partial charge in [0.05, 0.1) is 34.8 Å². The molecule has 0 saturated carbocycles. The molecule has 0 radical (unpaired) electrons. The molecule has 0 spiro atoms. The topological polar surface area (TPSA) is 131 Å². The van der Waals surface area contributed by atoms with Crippen LogP contribution in [0.15, 0.2) is 0 Å². The molecule has 0 aliphatic rings. The molecule has 4 N–H and O–H groups in total. The maximum absolute atomic E-state index is 9.15. The highest BCUT2D eigenvalue weighted by Crippen LogP contribution is 2.10. The summed E-state index contributed by atoms with van der Waals surface area (Å²) in [6.45, 7) is 3.62. The van der Waals surface area contributed by atoms with Crippen LogP contribution < -0.4 is 11.3 Å². The van der Waals surface area contributed by atoms with Crippen LogP contribution in [0.25, 0.3) is 0 Å². The third-order valence-corrected chi connectivity index (χ3v) is 3.52. The third kappa shape index (κ3) is 51.6. The summed E-state index contributed by atoms with van der Waals surface area (Å²) < 4.78 is 8.34. The summed E-state index contributed by atoms with van der Waals surface area (Å²) >= 11 is 0. The number of carboxylic acid groups (broad SMARTS) is 2. The van der Waals surface area contributed by atoms with Gasteiger partial charge in [0, 0.05) is 7.11 Å². The van der Waals surface area contributed by atoms with E-state index in [0.717, 1.165) is 18.7 Å². The molecule has 8 heteroatoms. The number of carbonyl (C=O) groups excluding carboxylic acids is 1. The lowest BCUT2D eigenvalue weighted by atomic mass is 10.1. The fourth-order valence-corrected chi connectivity index (χ4v) is 2.07. The van der Waals surface area contributed by atoms with Crippen molar-refractivity contribution in [2.45, 2.75) is 71.1 Å². The molecular weight excluding hydrogens is 352 g/mol. The quantitative estimate of drug-likeness (QED) is 0.306. The Morgan fingerprint density at radius 3 is 1.33 bits per heavy atom. The van der Waals surface area contributed by atoms with Crippen LogP contribution >= 0.6 is 0 Å². The summed E-state index contributed by atoms with van der Waals surface area (Å²) in [6, 6.07) is 0. The summed E-state index contributed by atoms with van der Waals surface area (Å²) in [4.78, 5) is 18.2. The van der Waals surface area contributed by atoms with E-state index in [9.17, 15) is 0 Å². The average molecular weight is 397 g/mol. The second kappa shape index (κ2) is 24.5. The van der Waals surface area contributed by atoms with E-state index in [1.807, 2.05) is 0 Å². The first-order chi connectivity index (χ1) is 12.1. The number of quaternary nitrogens is 1. The Morgan fingerprint density at radius 2 is 1.11 bits per heavy atom. The van der Waals surface area contributed by atoms with E-state index in [4.69, 9.17) is 19.8 Å². The lowest BCUT2D eigenvalue weighted by Gasteiger charge is -2.23. The number of unbranched alkanes of at least 4 members (excludes halogenated alkanes) is 9. The van der Waals surface area contributed by atoms with Crippen molar-refractivity contribution in [2.75, 3.05) is 41.9 Å². The predicted octanol–water partition coefficient (Wildman–Crippen LogP) is 4.06. The first-order valence-electron chi connectivity index (χ1n) is 9.43. The van der Waals surface area contributed by atoms with E-state index < -0.39 is 12.3 Å². The first kappa shape index (κ1) is 33.1. The van der Waals surface area contributed by atoms with Gasteiger partial charge < -0.3 is 35.1 Å². The molecule has 0 aromatic rings. The van der Waals surface area contributed by atoms with E-state index in [-0.39, 0.29) is 6.15 Å². The van der Waals surface area contributed by atoms with Crippen molar-refractivity contribution < 1.29 is 33.8 Å². The van der Waals surface area contributed by atoms with Gasteiger partial charge in [-0.25, -0.2) is 4.79 Å². The van der Waals surface area contributed by atoms with Gasteiger partial charge in [-0.15, -0.1) is 0 Å². The van der Waals surface area contributed by atoms with Gasteiger partial charge in [-0.05, 0) is 12.8 Å². The molecule has 166 valence electrons. The SMILES string of the molecule is CCCCCCCCCCCC[N+](C)(C)C.COC(=O)O.COC(=O)[O-].N. The second-order valence-electron chi connectivity index (χ2n) is 7.12. The fourth-order valence-electron chi connectivity index (χ4n) is 2.07. The second-order valence-corrected chi connectivity index (χ2v) is 7.12. The molecule has 0 amide bonds. The first-order valence-corrected chi connectivity index (χ1v) is 9.43. The van der Waals surface area contributed by atoms with Gasteiger partial charge in [0.1, 0.15) is 0 Å². The summed E-state index contributed by atoms with van der Waals surface area (Å²) in [6.07, 6.45) is 11.7. The average Bonchev–Trinajstić information content (AvgIpc) is 2.56. The van der Waals surface area contributed by atoms with E-state index in [1.165, 1.54) is 70.8 Å². The molecule has 0 aliphatic heterocycles. The maximum atomic E-state index is 9.15. The van der Waals surface area contributed by atoms with Crippen molar-refractivity contribution in [3.8, 4) is 0 Å². The normalized spacial score (nSPS) is 9.56. The van der Waals surface area contributed by atoms with Gasteiger partial charge in [-0.3, -0.25) is 0 Å². The molecule has 0 fully saturated rings. The summed E-state index contributed by atoms with van der Waals surface area (Å²) in [5, 5.41) is 16.5. The standard InChI is InChI=1S/C15H34N.2C2H4O3.H3N/c1-5-6-7-8-9-10-11-12-13-14-15-16(2,3)4;2*1-5-2(3)4;/h5-15H2,1-4H3;2*1H3,(H,3,4);1H3/q+1;;;/p-1. The molecule has 0 unspecified atom stereocenters. The third-order valence-electron chi connectivity index (χ3n) is 3.52. The number of hydrogen-bond acceptors (Lipinski definition) is 6. The van der Waals surface area contributed by atoms with Crippen LogP contribution in [0.4, 0.5) is 9.59 Å². The van der Waals surface area contributed by atoms with Crippen LogP contribution in [0.1, 0.15) is 71.1 Å². The Balaban J connectivity index is -0.000000199. The summed E-state index contributed by atoms with van der Waals surface area (Å²) in [7, 11) is 8.99. The molecule has 0 aromatic carbocycles. The van der Waals surface area contributed by atoms with Crippen LogP contribution in [0, 0.1) is 0 Å². The Hall–Kier alpha value is -1.54. The minimum absolute atomic E-state index is 0. The Kier molecular flexibility index (Phi) is 30.0. The van der Waals surface area contributed by atoms with E-state index in [1.54, 1.807) is 0 Å². The Morgan fingerprint density at radius 1 is 0.815 bits per heavy atom. The zero-order chi connectivity index (χ0) is 20.8. The number of carbonyl (C=O) groups is 2. The monoisotopic (exact) mass is 396 g/mol. The van der Waals surface area contributed by atoms with Gasteiger partial charge in [-0.2, -0.15) is 0 Å². The van der Waals surface area contributed by atoms with Crippen molar-refractivity contribution in [1.29, 1.82) is 0 Å². The largest absolute Gasteiger partial charge is 0.553 e. The molecule has 0 rings (SSSR count). The van der Waals surface area contributed by atoms with Crippen LogP contribution in [0.3, 0.4) is 0 Å². The van der Waals surface area contributed by atoms with Gasteiger partial charge in [0.25, 0.3) is 6.16 Å². The number of methoxy groups -OCH3 is 2. The van der Waals surface area contributed by atoms with Crippen LogP contribution in [0.2, 0.25) is 0 Å². The van der Waals surface area contributed by atoms with Crippen molar-refractivity contribution in [3.63, 3.8) is 0 Å². The molecule has 27 heavy (non-hydrogen) atoms. The van der Waals surface area contributed by atoms with Gasteiger partial charge in [0.2, 0.25) is 0 Å². The van der Waals surface area contributed by atoms with Gasteiger partial charge in [0.15, 0.2) is 0 Å². The highest BCUT2D eigenvalue weighted by molar-refractivity contribution is 5.56. The van der Waals surface area contributed by atoms with Crippen molar-refractivity contribution >= 4 is 12.3 Å². The van der Waals surface area contributed by atoms with Crippen LogP contribution in [-0.2, 0) is 9.47 Å². The van der Waals surface area contributed by atoms with Crippen LogP contribution in [-0.4, -0.2) is 63.8 Å². The molecule has 0 aromatic heterocycles. The van der Waals surface area contributed by atoms with Crippen molar-refractivity contribution in [3.05, 3.63) is 0 Å². The summed E-state index contributed by atoms with van der Waals surface area (Å²) in [5.74, 6) is 0. The minimum Gasteiger partial charge on any atom is -0.553 e. The lowest BCUT2D eigenvalue weighted by molar-refractivity contribution is -0.870. The zero-order valence-corrected chi connectivity index (χ0v) is 18.4. The maximum Gasteiger partial charge on any atom is 0.505 e. The minimum atomic E-state index is -1.50. The molecule has 0 saturated heterocycles. The number of hydrogen-bond donors (Lipinski definition) is 2. The van der Waals surface area contributed by atoms with Crippen molar-refractivity contribution in [2.24, 2.45) is 0 Å². The predicted molar refractivity (Wildman–Crippen MR) is 107 cm³/mol. The molecular formula is C19H44N2O6. The molecule has 0 aliphatic carbocycles. The number of nitrogens with zero attached hydrogens (tertiary/aromatic N) is 1. The zero-order valence-electron chi connectivity index (χ0n) is 18.4. The number of ether oxygens (including phenoxy) is 2. The Labute approximate surface area is 166 Å². The van der Waals surface area contributed by atoms with E-state index in [2.05, 4.69) is 37.5 Å². The van der Waals surface area contributed by atoms with Gasteiger partial charge in [-0.1, -0.05) is 58.3 Å². The highest BCUT2D eigenvalue weighted by atomic mass is 16.7. The lowest BCUT2D eigenvalue weighted by Crippen LogP contribution is -2.35. The molecule has 0 heterocycles. The van der Waals surface area contributed by atoms with E-state index >= 15 is 0 Å². The van der Waals surface area contributed by atoms with Gasteiger partial charge >= 0.3 is 6.16 Å². The smallest absolute Gasteiger partial charge is 0.505 e.